The average molecular weight is 312 g/mol. The fourth-order valence-electron chi connectivity index (χ4n) is 4.23. The molecule has 24 heavy (non-hydrogen) atoms. The average Bonchev–Trinajstić information content (AvgIpc) is 3.09. The van der Waals surface area contributed by atoms with Gasteiger partial charge in [-0.3, -0.25) is 4.99 Å². The summed E-state index contributed by atoms with van der Waals surface area (Å²) >= 11 is 0. The Kier molecular flexibility index (Phi) is 2.70. The number of hydrogen-bond acceptors (Lipinski definition) is 2. The van der Waals surface area contributed by atoms with Gasteiger partial charge in [-0.2, -0.15) is 0 Å². The monoisotopic (exact) mass is 312 g/mol. The Labute approximate surface area is 142 Å². The first-order chi connectivity index (χ1) is 11.6. The van der Waals surface area contributed by atoms with E-state index in [0.29, 0.717) is 12.0 Å². The van der Waals surface area contributed by atoms with Gasteiger partial charge in [-0.15, -0.1) is 0 Å². The van der Waals surface area contributed by atoms with E-state index < -0.39 is 0 Å². The Bertz CT molecular complexity index is 916. The second-order valence-corrected chi connectivity index (χ2v) is 7.37. The van der Waals surface area contributed by atoms with Crippen LogP contribution < -0.4 is 5.32 Å². The summed E-state index contributed by atoms with van der Waals surface area (Å²) in [5.74, 6) is 0.425. The molecule has 0 saturated carbocycles. The van der Waals surface area contributed by atoms with Crippen molar-refractivity contribution in [3.05, 3.63) is 83.5 Å². The van der Waals surface area contributed by atoms with Crippen LogP contribution in [0, 0.1) is 0 Å². The van der Waals surface area contributed by atoms with Gasteiger partial charge in [0.15, 0.2) is 0 Å². The molecule has 118 valence electrons. The Hall–Kier alpha value is -2.61. The minimum Gasteiger partial charge on any atom is -0.378 e. The van der Waals surface area contributed by atoms with Crippen LogP contribution in [-0.4, -0.2) is 11.8 Å². The van der Waals surface area contributed by atoms with Crippen molar-refractivity contribution >= 4 is 17.1 Å². The molecule has 0 spiro atoms. The Morgan fingerprint density at radius 3 is 2.62 bits per heavy atom. The summed E-state index contributed by atoms with van der Waals surface area (Å²) in [7, 11) is 0. The standard InChI is InChI=1S/C22H20N2/c1-22(2)17-13-19-16(15-10-6-7-11-18(15)23-19)12-20(17)24-21(22)14-8-4-3-5-9-14/h3-13,15,18,23H,1-2H3. The topological polar surface area (TPSA) is 24.4 Å². The first kappa shape index (κ1) is 13.8. The maximum absolute atomic E-state index is 5.04. The highest BCUT2D eigenvalue weighted by Gasteiger charge is 2.39. The van der Waals surface area contributed by atoms with Crippen LogP contribution >= 0.6 is 0 Å². The molecule has 2 aliphatic heterocycles. The van der Waals surface area contributed by atoms with E-state index in [2.05, 4.69) is 85.9 Å². The molecule has 3 aliphatic rings. The van der Waals surface area contributed by atoms with Gasteiger partial charge in [-0.05, 0) is 28.8 Å². The van der Waals surface area contributed by atoms with Crippen molar-refractivity contribution in [3.63, 3.8) is 0 Å². The quantitative estimate of drug-likeness (QED) is 0.778. The minimum absolute atomic E-state index is 0.0765. The lowest BCUT2D eigenvalue weighted by Crippen LogP contribution is -2.26. The van der Waals surface area contributed by atoms with Crippen molar-refractivity contribution in [2.24, 2.45) is 4.99 Å². The predicted molar refractivity (Wildman–Crippen MR) is 101 cm³/mol. The van der Waals surface area contributed by atoms with Crippen molar-refractivity contribution in [2.75, 3.05) is 5.32 Å². The van der Waals surface area contributed by atoms with E-state index in [-0.39, 0.29) is 5.41 Å². The summed E-state index contributed by atoms with van der Waals surface area (Å²) in [4.78, 5) is 5.04. The van der Waals surface area contributed by atoms with Crippen LogP contribution in [0.4, 0.5) is 11.4 Å². The summed E-state index contributed by atoms with van der Waals surface area (Å²) in [6.45, 7) is 4.55. The van der Waals surface area contributed by atoms with Crippen LogP contribution in [0.3, 0.4) is 0 Å². The second-order valence-electron chi connectivity index (χ2n) is 7.37. The maximum Gasteiger partial charge on any atom is 0.0679 e. The van der Waals surface area contributed by atoms with Gasteiger partial charge >= 0.3 is 0 Å². The lowest BCUT2D eigenvalue weighted by atomic mass is 9.78. The Morgan fingerprint density at radius 1 is 1.00 bits per heavy atom. The van der Waals surface area contributed by atoms with Crippen molar-refractivity contribution in [1.29, 1.82) is 0 Å². The number of nitrogens with zero attached hydrogens (tertiary/aromatic N) is 1. The molecule has 0 radical (unpaired) electrons. The van der Waals surface area contributed by atoms with Crippen LogP contribution in [0.25, 0.3) is 0 Å². The molecule has 5 rings (SSSR count). The van der Waals surface area contributed by atoms with Gasteiger partial charge in [-0.25, -0.2) is 0 Å². The number of allylic oxidation sites excluding steroid dienone is 2. The van der Waals surface area contributed by atoms with Crippen molar-refractivity contribution in [3.8, 4) is 0 Å². The van der Waals surface area contributed by atoms with Gasteiger partial charge in [0.05, 0.1) is 17.4 Å². The number of aliphatic imine (C=N–C) groups is 1. The van der Waals surface area contributed by atoms with Crippen molar-refractivity contribution in [2.45, 2.75) is 31.2 Å². The number of fused-ring (bicyclic) bond motifs is 4. The molecule has 2 atom stereocenters. The lowest BCUT2D eigenvalue weighted by Gasteiger charge is -2.23. The van der Waals surface area contributed by atoms with E-state index in [1.54, 1.807) is 0 Å². The van der Waals surface area contributed by atoms with E-state index in [0.717, 1.165) is 11.4 Å². The lowest BCUT2D eigenvalue weighted by molar-refractivity contribution is 0.737. The molecule has 2 aromatic carbocycles. The summed E-state index contributed by atoms with van der Waals surface area (Å²) in [5.41, 5.74) is 7.38. The zero-order valence-electron chi connectivity index (χ0n) is 14.0. The zero-order chi connectivity index (χ0) is 16.3. The molecule has 2 heterocycles. The molecule has 2 unspecified atom stereocenters. The first-order valence-corrected chi connectivity index (χ1v) is 8.59. The minimum atomic E-state index is -0.0765. The molecule has 1 aliphatic carbocycles. The number of rotatable bonds is 1. The smallest absolute Gasteiger partial charge is 0.0679 e. The van der Waals surface area contributed by atoms with Crippen LogP contribution in [0.1, 0.15) is 36.5 Å². The van der Waals surface area contributed by atoms with Gasteiger partial charge < -0.3 is 5.32 Å². The zero-order valence-corrected chi connectivity index (χ0v) is 14.0. The molecule has 0 aromatic heterocycles. The highest BCUT2D eigenvalue weighted by molar-refractivity contribution is 6.12. The number of hydrogen-bond donors (Lipinski definition) is 1. The summed E-state index contributed by atoms with van der Waals surface area (Å²) in [6.07, 6.45) is 8.81. The molecule has 0 amide bonds. The van der Waals surface area contributed by atoms with E-state index in [1.165, 1.54) is 22.4 Å². The fourth-order valence-corrected chi connectivity index (χ4v) is 4.23. The summed E-state index contributed by atoms with van der Waals surface area (Å²) < 4.78 is 0. The molecule has 2 aromatic rings. The van der Waals surface area contributed by atoms with Crippen LogP contribution in [-0.2, 0) is 5.41 Å². The highest BCUT2D eigenvalue weighted by Crippen LogP contribution is 2.48. The van der Waals surface area contributed by atoms with Gasteiger partial charge in [0, 0.05) is 17.0 Å². The van der Waals surface area contributed by atoms with E-state index in [9.17, 15) is 0 Å². The maximum atomic E-state index is 5.04. The Balaban J connectivity index is 1.65. The first-order valence-electron chi connectivity index (χ1n) is 8.59. The third kappa shape index (κ3) is 1.80. The van der Waals surface area contributed by atoms with Crippen LogP contribution in [0.2, 0.25) is 0 Å². The van der Waals surface area contributed by atoms with Gasteiger partial charge in [0.2, 0.25) is 0 Å². The summed E-state index contributed by atoms with van der Waals surface area (Å²) in [5, 5.41) is 3.67. The molecule has 0 fully saturated rings. The third-order valence-electron chi connectivity index (χ3n) is 5.53. The van der Waals surface area contributed by atoms with E-state index in [1.807, 2.05) is 0 Å². The largest absolute Gasteiger partial charge is 0.378 e. The van der Waals surface area contributed by atoms with Crippen LogP contribution in [0.15, 0.2) is 71.8 Å². The number of nitrogens with one attached hydrogen (secondary N) is 1. The number of benzene rings is 2. The van der Waals surface area contributed by atoms with Gasteiger partial charge in [0.1, 0.15) is 0 Å². The van der Waals surface area contributed by atoms with Gasteiger partial charge in [-0.1, -0.05) is 68.5 Å². The van der Waals surface area contributed by atoms with Gasteiger partial charge in [0.25, 0.3) is 0 Å². The fraction of sp³-hybridized carbons (Fsp3) is 0.227. The van der Waals surface area contributed by atoms with Crippen LogP contribution in [0.5, 0.6) is 0 Å². The molecule has 0 bridgehead atoms. The summed E-state index contributed by atoms with van der Waals surface area (Å²) in [6, 6.07) is 15.5. The van der Waals surface area contributed by atoms with Crippen molar-refractivity contribution < 1.29 is 0 Å². The molecule has 0 saturated heterocycles. The molecule has 1 N–H and O–H groups in total. The normalized spacial score (nSPS) is 24.8. The highest BCUT2D eigenvalue weighted by atomic mass is 15.0. The van der Waals surface area contributed by atoms with E-state index in [4.69, 9.17) is 4.99 Å². The van der Waals surface area contributed by atoms with E-state index >= 15 is 0 Å². The third-order valence-corrected chi connectivity index (χ3v) is 5.53. The molecule has 2 heteroatoms. The SMILES string of the molecule is CC1(C)C(c2ccccc2)=Nc2cc3c(cc21)NC1C=CC=CC31. The van der Waals surface area contributed by atoms with Crippen molar-refractivity contribution in [1.82, 2.24) is 0 Å². The predicted octanol–water partition coefficient (Wildman–Crippen LogP) is 5.10. The molecule has 2 nitrogen and oxygen atoms in total. The number of anilines is 1. The second kappa shape index (κ2) is 4.70. The molecular weight excluding hydrogens is 292 g/mol. The Morgan fingerprint density at radius 2 is 1.79 bits per heavy atom. The molecular formula is C22H20N2.